The molecule has 27 heavy (non-hydrogen) atoms. The van der Waals surface area contributed by atoms with Crippen LogP contribution in [0.2, 0.25) is 0 Å². The third-order valence-electron chi connectivity index (χ3n) is 4.88. The Labute approximate surface area is 161 Å². The van der Waals surface area contributed by atoms with E-state index in [9.17, 15) is 9.59 Å². The van der Waals surface area contributed by atoms with E-state index in [1.165, 1.54) is 16.7 Å². The Hall–Kier alpha value is -2.48. The number of fused-ring (bicyclic) bond motifs is 1. The summed E-state index contributed by atoms with van der Waals surface area (Å²) in [5, 5.41) is 9.49. The summed E-state index contributed by atoms with van der Waals surface area (Å²) in [6.07, 6.45) is 4.75. The van der Waals surface area contributed by atoms with Crippen LogP contribution in [0.1, 0.15) is 23.2 Å². The second kappa shape index (κ2) is 7.64. The van der Waals surface area contributed by atoms with Gasteiger partial charge in [-0.1, -0.05) is 0 Å². The van der Waals surface area contributed by atoms with Gasteiger partial charge in [0.1, 0.15) is 0 Å². The number of amides is 1. The molecule has 1 amide bonds. The van der Waals surface area contributed by atoms with Crippen molar-refractivity contribution >= 4 is 36.2 Å². The molecule has 0 aliphatic carbocycles. The van der Waals surface area contributed by atoms with Gasteiger partial charge < -0.3 is 0 Å². The molecule has 0 bridgehead atoms. The van der Waals surface area contributed by atoms with Gasteiger partial charge in [0.25, 0.3) is 0 Å². The van der Waals surface area contributed by atoms with Gasteiger partial charge in [-0.2, -0.15) is 0 Å². The molecule has 3 aromatic rings. The Bertz CT molecular complexity index is 1010. The van der Waals surface area contributed by atoms with E-state index in [1.54, 1.807) is 5.48 Å². The summed E-state index contributed by atoms with van der Waals surface area (Å²) >= 11 is 0.0804. The maximum absolute atomic E-state index is 12.5. The van der Waals surface area contributed by atoms with E-state index < -0.39 is 5.91 Å². The zero-order valence-electron chi connectivity index (χ0n) is 14.5. The predicted octanol–water partition coefficient (Wildman–Crippen LogP) is 0.884. The number of carbonyl (C=O) groups excluding carboxylic acids is 1. The Morgan fingerprint density at radius 3 is 2.59 bits per heavy atom. The predicted molar refractivity (Wildman–Crippen MR) is 101 cm³/mol. The van der Waals surface area contributed by atoms with E-state index in [0.29, 0.717) is 11.9 Å². The van der Waals surface area contributed by atoms with E-state index in [0.717, 1.165) is 37.9 Å². The van der Waals surface area contributed by atoms with Crippen LogP contribution >= 0.6 is 0 Å². The molecule has 0 radical (unpaired) electrons. The summed E-state index contributed by atoms with van der Waals surface area (Å²) < 4.78 is 3.18. The second-order valence-electron chi connectivity index (χ2n) is 6.60. The minimum absolute atomic E-state index is 0.0804. The van der Waals surface area contributed by atoms with Crippen molar-refractivity contribution in [1.82, 2.24) is 19.0 Å². The molecule has 140 valence electrons. The normalized spacial score (nSPS) is 15.2. The molecule has 9 heteroatoms. The average Bonchev–Trinajstić information content (AvgIpc) is 3.04. The Kier molecular flexibility index (Phi) is 5.07. The molecule has 1 aliphatic rings. The monoisotopic (exact) mass is 433 g/mol. The first-order valence-electron chi connectivity index (χ1n) is 8.76. The molecule has 1 aliphatic heterocycles. The topological polar surface area (TPSA) is 100 Å². The van der Waals surface area contributed by atoms with Gasteiger partial charge in [0.2, 0.25) is 0 Å². The molecule has 0 unspecified atom stereocenters. The number of hydrogen-bond acceptors (Lipinski definition) is 6. The first-order chi connectivity index (χ1) is 13.2. The number of nitrogens with one attached hydrogen (secondary N) is 1. The standard InChI is InChI=1S/C18H19N5O3Se/c24-16(21-26)13-9-19-18(20-10-13)22-7-5-12(6-8-22)11-23-17(25)14-3-1-2-4-15(14)27-23/h1-4,9-10,12,26H,5-8,11H2,(H,21,24). The van der Waals surface area contributed by atoms with Crippen molar-refractivity contribution in [3.63, 3.8) is 0 Å². The van der Waals surface area contributed by atoms with Crippen LogP contribution in [0.25, 0.3) is 9.65 Å². The van der Waals surface area contributed by atoms with Gasteiger partial charge in [-0.25, -0.2) is 0 Å². The van der Waals surface area contributed by atoms with E-state index in [1.807, 2.05) is 27.8 Å². The summed E-state index contributed by atoms with van der Waals surface area (Å²) in [5.41, 5.74) is 1.94. The molecule has 1 fully saturated rings. The fourth-order valence-electron chi connectivity index (χ4n) is 3.35. The first kappa shape index (κ1) is 17.9. The van der Waals surface area contributed by atoms with Crippen LogP contribution in [0.15, 0.2) is 41.5 Å². The summed E-state index contributed by atoms with van der Waals surface area (Å²) in [6.45, 7) is 2.44. The minimum atomic E-state index is -0.626. The summed E-state index contributed by atoms with van der Waals surface area (Å²) in [4.78, 5) is 34.4. The molecule has 1 aromatic carbocycles. The molecular formula is C18H19N5O3Se. The molecule has 8 nitrogen and oxygen atoms in total. The van der Waals surface area contributed by atoms with Gasteiger partial charge in [-0.3, -0.25) is 5.21 Å². The molecule has 3 heterocycles. The molecule has 1 saturated heterocycles. The van der Waals surface area contributed by atoms with Crippen molar-refractivity contribution in [2.75, 3.05) is 18.0 Å². The van der Waals surface area contributed by atoms with Crippen LogP contribution in [0, 0.1) is 5.92 Å². The molecular weight excluding hydrogens is 413 g/mol. The van der Waals surface area contributed by atoms with E-state index in [4.69, 9.17) is 5.21 Å². The van der Waals surface area contributed by atoms with Crippen LogP contribution in [0.5, 0.6) is 0 Å². The number of carbonyl (C=O) groups is 1. The molecule has 0 spiro atoms. The van der Waals surface area contributed by atoms with E-state index >= 15 is 0 Å². The summed E-state index contributed by atoms with van der Waals surface area (Å²) in [7, 11) is 0. The number of nitrogens with zero attached hydrogens (tertiary/aromatic N) is 4. The van der Waals surface area contributed by atoms with Crippen LogP contribution in [-0.4, -0.2) is 52.5 Å². The molecule has 2 N–H and O–H groups in total. The Morgan fingerprint density at radius 2 is 1.93 bits per heavy atom. The fourth-order valence-corrected chi connectivity index (χ4v) is 5.66. The van der Waals surface area contributed by atoms with E-state index in [-0.39, 0.29) is 25.9 Å². The van der Waals surface area contributed by atoms with Crippen molar-refractivity contribution in [2.45, 2.75) is 19.4 Å². The summed E-state index contributed by atoms with van der Waals surface area (Å²) in [6, 6.07) is 7.88. The maximum atomic E-state index is 12.5. The first-order valence-corrected chi connectivity index (χ1v) is 10.4. The zero-order chi connectivity index (χ0) is 18.8. The van der Waals surface area contributed by atoms with E-state index in [2.05, 4.69) is 14.9 Å². The number of aromatic nitrogens is 3. The number of anilines is 1. The second-order valence-corrected chi connectivity index (χ2v) is 8.83. The number of hydrogen-bond donors (Lipinski definition) is 2. The Morgan fingerprint density at radius 1 is 1.22 bits per heavy atom. The van der Waals surface area contributed by atoms with Crippen molar-refractivity contribution in [3.8, 4) is 0 Å². The van der Waals surface area contributed by atoms with Crippen LogP contribution in [0.3, 0.4) is 0 Å². The van der Waals surface area contributed by atoms with Crippen LogP contribution < -0.4 is 15.9 Å². The van der Waals surface area contributed by atoms with Crippen molar-refractivity contribution in [2.24, 2.45) is 5.92 Å². The molecule has 0 saturated carbocycles. The molecule has 4 rings (SSSR count). The number of benzene rings is 1. The number of hydroxylamine groups is 1. The van der Waals surface area contributed by atoms with Crippen molar-refractivity contribution in [1.29, 1.82) is 0 Å². The third kappa shape index (κ3) is 3.66. The van der Waals surface area contributed by atoms with Gasteiger partial charge >= 0.3 is 156 Å². The van der Waals surface area contributed by atoms with Gasteiger partial charge in [-0.15, -0.1) is 0 Å². The quantitative estimate of drug-likeness (QED) is 0.361. The SMILES string of the molecule is O=C(NO)c1cnc(N2CCC(Cn3[se]c4ccccc4c3=O)CC2)nc1. The molecule has 0 atom stereocenters. The molecule has 2 aromatic heterocycles. The van der Waals surface area contributed by atoms with Crippen LogP contribution in [-0.2, 0) is 6.54 Å². The van der Waals surface area contributed by atoms with Crippen LogP contribution in [0.4, 0.5) is 5.95 Å². The van der Waals surface area contributed by atoms with Gasteiger partial charge in [0, 0.05) is 0 Å². The summed E-state index contributed by atoms with van der Waals surface area (Å²) in [5.74, 6) is 0.427. The third-order valence-corrected chi connectivity index (χ3v) is 7.16. The van der Waals surface area contributed by atoms with Crippen molar-refractivity contribution < 1.29 is 10.0 Å². The zero-order valence-corrected chi connectivity index (χ0v) is 16.3. The van der Waals surface area contributed by atoms with Gasteiger partial charge in [0.05, 0.1) is 0 Å². The van der Waals surface area contributed by atoms with Crippen molar-refractivity contribution in [3.05, 3.63) is 52.6 Å². The van der Waals surface area contributed by atoms with Gasteiger partial charge in [-0.05, 0) is 0 Å². The Balaban J connectivity index is 1.39. The number of piperidine rings is 1. The number of rotatable bonds is 4. The fraction of sp³-hybridized carbons (Fsp3) is 0.333. The van der Waals surface area contributed by atoms with Gasteiger partial charge in [0.15, 0.2) is 0 Å². The average molecular weight is 432 g/mol.